The molecule has 1 aliphatic rings. The Kier molecular flexibility index (Phi) is 4.43. The molecular weight excluding hydrogens is 397 g/mol. The number of hydrogen-bond donors (Lipinski definition) is 0. The Hall–Kier alpha value is -0.140. The minimum atomic E-state index is 0.0746. The molecule has 0 spiro atoms. The second-order valence-electron chi connectivity index (χ2n) is 4.06. The molecule has 1 unspecified atom stereocenters. The number of nitrogens with zero attached hydrogens (tertiary/aromatic N) is 1. The number of ether oxygens (including phenoxy) is 1. The number of morpholine rings is 1. The molecule has 1 aliphatic heterocycles. The molecule has 92 valence electrons. The predicted molar refractivity (Wildman–Crippen MR) is 78.2 cm³/mol. The lowest BCUT2D eigenvalue weighted by molar-refractivity contribution is -0.0124. The van der Waals surface area contributed by atoms with Gasteiger partial charge in [0.05, 0.1) is 18.3 Å². The van der Waals surface area contributed by atoms with Crippen molar-refractivity contribution < 1.29 is 9.53 Å². The van der Waals surface area contributed by atoms with E-state index in [9.17, 15) is 4.79 Å². The zero-order chi connectivity index (χ0) is 12.4. The number of benzene rings is 1. The molecular formula is C12H13BrINO2. The third-order valence-corrected chi connectivity index (χ3v) is 4.05. The van der Waals surface area contributed by atoms with Crippen LogP contribution in [0.15, 0.2) is 22.7 Å². The highest BCUT2D eigenvalue weighted by Crippen LogP contribution is 2.22. The van der Waals surface area contributed by atoms with E-state index in [1.807, 2.05) is 30.0 Å². The molecule has 0 aliphatic carbocycles. The van der Waals surface area contributed by atoms with Crippen molar-refractivity contribution >= 4 is 44.4 Å². The highest BCUT2D eigenvalue weighted by molar-refractivity contribution is 14.1. The lowest BCUT2D eigenvalue weighted by Crippen LogP contribution is -2.44. The molecule has 0 radical (unpaired) electrons. The molecule has 1 aromatic carbocycles. The van der Waals surface area contributed by atoms with Gasteiger partial charge in [0.1, 0.15) is 0 Å². The van der Waals surface area contributed by atoms with Crippen LogP contribution in [0, 0.1) is 3.57 Å². The van der Waals surface area contributed by atoms with Crippen LogP contribution in [0.2, 0.25) is 0 Å². The van der Waals surface area contributed by atoms with Crippen LogP contribution < -0.4 is 0 Å². The molecule has 1 amide bonds. The van der Waals surface area contributed by atoms with E-state index in [-0.39, 0.29) is 12.0 Å². The molecule has 0 bridgehead atoms. The van der Waals surface area contributed by atoms with Crippen LogP contribution in [0.4, 0.5) is 0 Å². The zero-order valence-corrected chi connectivity index (χ0v) is 13.2. The van der Waals surface area contributed by atoms with Gasteiger partial charge in [0.25, 0.3) is 5.91 Å². The van der Waals surface area contributed by atoms with E-state index in [1.165, 1.54) is 0 Å². The summed E-state index contributed by atoms with van der Waals surface area (Å²) in [6, 6.07) is 5.80. The van der Waals surface area contributed by atoms with Crippen LogP contribution in [0.5, 0.6) is 0 Å². The fourth-order valence-corrected chi connectivity index (χ4v) is 2.74. The second kappa shape index (κ2) is 5.67. The van der Waals surface area contributed by atoms with E-state index in [4.69, 9.17) is 4.74 Å². The van der Waals surface area contributed by atoms with Gasteiger partial charge in [0.15, 0.2) is 0 Å². The summed E-state index contributed by atoms with van der Waals surface area (Å²) in [5.41, 5.74) is 0.728. The highest BCUT2D eigenvalue weighted by Gasteiger charge is 2.23. The minimum absolute atomic E-state index is 0.0746. The molecule has 1 saturated heterocycles. The summed E-state index contributed by atoms with van der Waals surface area (Å²) >= 11 is 5.64. The van der Waals surface area contributed by atoms with Gasteiger partial charge in [0.2, 0.25) is 0 Å². The molecule has 0 saturated carbocycles. The molecule has 2 rings (SSSR count). The summed E-state index contributed by atoms with van der Waals surface area (Å²) in [4.78, 5) is 14.2. The van der Waals surface area contributed by atoms with Gasteiger partial charge in [-0.2, -0.15) is 0 Å². The third kappa shape index (κ3) is 3.20. The maximum Gasteiger partial charge on any atom is 0.255 e. The number of hydrogen-bond acceptors (Lipinski definition) is 2. The molecule has 3 nitrogen and oxygen atoms in total. The number of carbonyl (C=O) groups is 1. The molecule has 1 atom stereocenters. The SMILES string of the molecule is CC1CN(C(=O)c2cc(I)ccc2Br)CCO1. The first kappa shape index (κ1) is 13.3. The van der Waals surface area contributed by atoms with Crippen molar-refractivity contribution in [2.24, 2.45) is 0 Å². The normalized spacial score (nSPS) is 20.4. The standard InChI is InChI=1S/C12H13BrINO2/c1-8-7-15(4-5-17-8)12(16)10-6-9(14)2-3-11(10)13/h2-3,6,8H,4-5,7H2,1H3. The molecule has 1 heterocycles. The summed E-state index contributed by atoms with van der Waals surface area (Å²) in [5.74, 6) is 0.0746. The van der Waals surface area contributed by atoms with Crippen molar-refractivity contribution in [3.8, 4) is 0 Å². The van der Waals surface area contributed by atoms with Crippen molar-refractivity contribution in [3.05, 3.63) is 31.8 Å². The minimum Gasteiger partial charge on any atom is -0.375 e. The summed E-state index contributed by atoms with van der Waals surface area (Å²) in [6.07, 6.45) is 0.120. The van der Waals surface area contributed by atoms with Gasteiger partial charge in [-0.25, -0.2) is 0 Å². The fraction of sp³-hybridized carbons (Fsp3) is 0.417. The second-order valence-corrected chi connectivity index (χ2v) is 6.16. The fourth-order valence-electron chi connectivity index (χ4n) is 1.83. The lowest BCUT2D eigenvalue weighted by atomic mass is 10.2. The van der Waals surface area contributed by atoms with Crippen LogP contribution in [0.3, 0.4) is 0 Å². The average molecular weight is 410 g/mol. The Morgan fingerprint density at radius 2 is 2.35 bits per heavy atom. The monoisotopic (exact) mass is 409 g/mol. The van der Waals surface area contributed by atoms with Gasteiger partial charge in [-0.05, 0) is 63.6 Å². The Bertz CT molecular complexity index is 439. The van der Waals surface area contributed by atoms with Crippen LogP contribution >= 0.6 is 38.5 Å². The Morgan fingerprint density at radius 3 is 3.06 bits per heavy atom. The van der Waals surface area contributed by atoms with Crippen LogP contribution in [0.1, 0.15) is 17.3 Å². The Labute approximate surface area is 123 Å². The number of halogens is 2. The van der Waals surface area contributed by atoms with E-state index < -0.39 is 0 Å². The highest BCUT2D eigenvalue weighted by atomic mass is 127. The van der Waals surface area contributed by atoms with Crippen molar-refractivity contribution in [1.82, 2.24) is 4.90 Å². The lowest BCUT2D eigenvalue weighted by Gasteiger charge is -2.31. The maximum atomic E-state index is 12.4. The Morgan fingerprint density at radius 1 is 1.59 bits per heavy atom. The van der Waals surface area contributed by atoms with Gasteiger partial charge in [0, 0.05) is 21.1 Å². The molecule has 1 aromatic rings. The van der Waals surface area contributed by atoms with E-state index in [0.717, 1.165) is 13.6 Å². The third-order valence-electron chi connectivity index (χ3n) is 2.69. The topological polar surface area (TPSA) is 29.5 Å². The zero-order valence-electron chi connectivity index (χ0n) is 9.45. The van der Waals surface area contributed by atoms with Crippen LogP contribution in [-0.4, -0.2) is 36.6 Å². The maximum absolute atomic E-state index is 12.4. The molecule has 0 aromatic heterocycles. The van der Waals surface area contributed by atoms with Gasteiger partial charge in [-0.15, -0.1) is 0 Å². The molecule has 1 fully saturated rings. The first-order chi connectivity index (χ1) is 8.08. The van der Waals surface area contributed by atoms with Crippen LogP contribution in [0.25, 0.3) is 0 Å². The van der Waals surface area contributed by atoms with E-state index in [1.54, 1.807) is 0 Å². The van der Waals surface area contributed by atoms with Crippen molar-refractivity contribution in [3.63, 3.8) is 0 Å². The summed E-state index contributed by atoms with van der Waals surface area (Å²) in [7, 11) is 0. The van der Waals surface area contributed by atoms with E-state index >= 15 is 0 Å². The summed E-state index contributed by atoms with van der Waals surface area (Å²) in [5, 5.41) is 0. The largest absolute Gasteiger partial charge is 0.375 e. The van der Waals surface area contributed by atoms with Gasteiger partial charge >= 0.3 is 0 Å². The average Bonchev–Trinajstić information content (AvgIpc) is 2.31. The number of carbonyl (C=O) groups excluding carboxylic acids is 1. The number of amides is 1. The molecule has 17 heavy (non-hydrogen) atoms. The summed E-state index contributed by atoms with van der Waals surface area (Å²) < 4.78 is 7.36. The van der Waals surface area contributed by atoms with E-state index in [2.05, 4.69) is 38.5 Å². The summed E-state index contributed by atoms with van der Waals surface area (Å²) in [6.45, 7) is 3.94. The molecule has 5 heteroatoms. The Balaban J connectivity index is 2.21. The van der Waals surface area contributed by atoms with Gasteiger partial charge in [-0.1, -0.05) is 0 Å². The van der Waals surface area contributed by atoms with Crippen molar-refractivity contribution in [2.75, 3.05) is 19.7 Å². The van der Waals surface area contributed by atoms with Crippen molar-refractivity contribution in [2.45, 2.75) is 13.0 Å². The van der Waals surface area contributed by atoms with Crippen molar-refractivity contribution in [1.29, 1.82) is 0 Å². The van der Waals surface area contributed by atoms with E-state index in [0.29, 0.717) is 19.7 Å². The first-order valence-electron chi connectivity index (χ1n) is 5.44. The smallest absolute Gasteiger partial charge is 0.255 e. The van der Waals surface area contributed by atoms with Gasteiger partial charge < -0.3 is 9.64 Å². The molecule has 0 N–H and O–H groups in total. The number of rotatable bonds is 1. The predicted octanol–water partition coefficient (Wildman–Crippen LogP) is 2.91. The first-order valence-corrected chi connectivity index (χ1v) is 7.31. The van der Waals surface area contributed by atoms with Crippen LogP contribution in [-0.2, 0) is 4.74 Å². The van der Waals surface area contributed by atoms with Gasteiger partial charge in [-0.3, -0.25) is 4.79 Å². The quantitative estimate of drug-likeness (QED) is 0.667.